The molecule has 110 valence electrons. The number of aryl methyl sites for hydroxylation is 2. The van der Waals surface area contributed by atoms with E-state index in [0.717, 1.165) is 17.7 Å². The maximum Gasteiger partial charge on any atom is 0.240 e. The second kappa shape index (κ2) is 6.08. The molecule has 0 aliphatic heterocycles. The molecule has 0 atom stereocenters. The number of nitrogens with zero attached hydrogens (tertiary/aromatic N) is 3. The molecule has 0 spiro atoms. The largest absolute Gasteiger partial charge is 0.275 e. The molecule has 7 heteroatoms. The summed E-state index contributed by atoms with van der Waals surface area (Å²) in [5, 5.41) is 13.0. The molecule has 0 bridgehead atoms. The van der Waals surface area contributed by atoms with Crippen LogP contribution in [-0.2, 0) is 30.0 Å². The number of nitriles is 1. The van der Waals surface area contributed by atoms with Crippen molar-refractivity contribution in [1.29, 1.82) is 5.26 Å². The van der Waals surface area contributed by atoms with Crippen molar-refractivity contribution in [3.63, 3.8) is 0 Å². The first kappa shape index (κ1) is 15.2. The maximum absolute atomic E-state index is 12.2. The lowest BCUT2D eigenvalue weighted by atomic mass is 10.2. The van der Waals surface area contributed by atoms with Crippen LogP contribution in [0.2, 0.25) is 0 Å². The number of nitrogens with one attached hydrogen (secondary N) is 1. The third-order valence-corrected chi connectivity index (χ3v) is 4.49. The van der Waals surface area contributed by atoms with Crippen LogP contribution in [0.25, 0.3) is 0 Å². The second-order valence-electron chi connectivity index (χ2n) is 4.59. The van der Waals surface area contributed by atoms with E-state index in [4.69, 9.17) is 5.26 Å². The number of sulfonamides is 1. The molecule has 1 heterocycles. The number of rotatable bonds is 5. The van der Waals surface area contributed by atoms with E-state index in [1.807, 2.05) is 13.0 Å². The third-order valence-electron chi connectivity index (χ3n) is 3.07. The Hall–Kier alpha value is -2.17. The Balaban J connectivity index is 2.15. The van der Waals surface area contributed by atoms with Gasteiger partial charge in [0.25, 0.3) is 0 Å². The van der Waals surface area contributed by atoms with Crippen molar-refractivity contribution in [3.8, 4) is 6.07 Å². The van der Waals surface area contributed by atoms with Gasteiger partial charge >= 0.3 is 0 Å². The average Bonchev–Trinajstić information content (AvgIpc) is 2.85. The first-order chi connectivity index (χ1) is 9.96. The molecular weight excluding hydrogens is 288 g/mol. The highest BCUT2D eigenvalue weighted by Gasteiger charge is 2.15. The van der Waals surface area contributed by atoms with E-state index < -0.39 is 10.0 Å². The highest BCUT2D eigenvalue weighted by atomic mass is 32.2. The van der Waals surface area contributed by atoms with Gasteiger partial charge in [0.2, 0.25) is 10.0 Å². The Morgan fingerprint density at radius 2 is 2.00 bits per heavy atom. The second-order valence-corrected chi connectivity index (χ2v) is 6.36. The Labute approximate surface area is 124 Å². The summed E-state index contributed by atoms with van der Waals surface area (Å²) < 4.78 is 28.6. The van der Waals surface area contributed by atoms with Gasteiger partial charge in [-0.3, -0.25) is 4.68 Å². The smallest absolute Gasteiger partial charge is 0.240 e. The molecule has 2 rings (SSSR count). The van der Waals surface area contributed by atoms with Crippen molar-refractivity contribution < 1.29 is 8.42 Å². The molecule has 1 aromatic carbocycles. The van der Waals surface area contributed by atoms with E-state index in [1.165, 1.54) is 24.3 Å². The van der Waals surface area contributed by atoms with Crippen molar-refractivity contribution in [2.24, 2.45) is 7.05 Å². The minimum absolute atomic E-state index is 0.142. The van der Waals surface area contributed by atoms with Crippen LogP contribution in [0, 0.1) is 11.3 Å². The first-order valence-corrected chi connectivity index (χ1v) is 7.96. The summed E-state index contributed by atoms with van der Waals surface area (Å²) in [4.78, 5) is 0.142. The van der Waals surface area contributed by atoms with Crippen LogP contribution < -0.4 is 4.72 Å². The highest BCUT2D eigenvalue weighted by molar-refractivity contribution is 7.89. The van der Waals surface area contributed by atoms with Crippen molar-refractivity contribution >= 4 is 10.0 Å². The van der Waals surface area contributed by atoms with Crippen LogP contribution >= 0.6 is 0 Å². The van der Waals surface area contributed by atoms with Crippen LogP contribution in [0.4, 0.5) is 0 Å². The topological polar surface area (TPSA) is 87.8 Å². The van der Waals surface area contributed by atoms with E-state index in [2.05, 4.69) is 9.82 Å². The molecule has 0 radical (unpaired) electrons. The van der Waals surface area contributed by atoms with Crippen molar-refractivity contribution in [2.45, 2.75) is 24.8 Å². The van der Waals surface area contributed by atoms with E-state index in [0.29, 0.717) is 5.56 Å². The zero-order valence-corrected chi connectivity index (χ0v) is 12.7. The van der Waals surface area contributed by atoms with Crippen LogP contribution in [0.15, 0.2) is 35.4 Å². The van der Waals surface area contributed by atoms with Crippen molar-refractivity contribution in [3.05, 3.63) is 47.3 Å². The zero-order chi connectivity index (χ0) is 15.5. The minimum Gasteiger partial charge on any atom is -0.275 e. The van der Waals surface area contributed by atoms with E-state index in [1.54, 1.807) is 17.9 Å². The van der Waals surface area contributed by atoms with Crippen LogP contribution in [0.3, 0.4) is 0 Å². The fourth-order valence-corrected chi connectivity index (χ4v) is 3.00. The summed E-state index contributed by atoms with van der Waals surface area (Å²) in [5.41, 5.74) is 2.16. The predicted octanol–water partition coefficient (Wildman–Crippen LogP) is 1.33. The molecule has 0 unspecified atom stereocenters. The lowest BCUT2D eigenvalue weighted by Crippen LogP contribution is -2.23. The highest BCUT2D eigenvalue weighted by Crippen LogP contribution is 2.12. The third kappa shape index (κ3) is 3.48. The van der Waals surface area contributed by atoms with Gasteiger partial charge in [0.1, 0.15) is 0 Å². The molecule has 0 aliphatic rings. The fourth-order valence-electron chi connectivity index (χ4n) is 1.99. The van der Waals surface area contributed by atoms with Crippen LogP contribution in [-0.4, -0.2) is 18.2 Å². The number of hydrogen-bond acceptors (Lipinski definition) is 4. The Morgan fingerprint density at radius 1 is 1.33 bits per heavy atom. The van der Waals surface area contributed by atoms with Crippen molar-refractivity contribution in [1.82, 2.24) is 14.5 Å². The molecular formula is C14H16N4O2S. The summed E-state index contributed by atoms with van der Waals surface area (Å²) in [7, 11) is -1.79. The lowest BCUT2D eigenvalue weighted by Gasteiger charge is -2.06. The quantitative estimate of drug-likeness (QED) is 0.902. The van der Waals surface area contributed by atoms with Gasteiger partial charge in [0.15, 0.2) is 0 Å². The summed E-state index contributed by atoms with van der Waals surface area (Å²) in [6.45, 7) is 2.17. The van der Waals surface area contributed by atoms with Gasteiger partial charge in [-0.1, -0.05) is 6.92 Å². The number of hydrogen-bond donors (Lipinski definition) is 1. The van der Waals surface area contributed by atoms with E-state index >= 15 is 0 Å². The predicted molar refractivity (Wildman–Crippen MR) is 77.8 cm³/mol. The fraction of sp³-hybridized carbons (Fsp3) is 0.286. The average molecular weight is 304 g/mol. The van der Waals surface area contributed by atoms with Gasteiger partial charge in [-0.2, -0.15) is 10.4 Å². The summed E-state index contributed by atoms with van der Waals surface area (Å²) in [6.07, 6.45) is 2.55. The molecule has 2 aromatic rings. The molecule has 1 N–H and O–H groups in total. The molecule has 0 saturated carbocycles. The zero-order valence-electron chi connectivity index (χ0n) is 11.9. The van der Waals surface area contributed by atoms with Crippen LogP contribution in [0.1, 0.15) is 23.7 Å². The monoisotopic (exact) mass is 304 g/mol. The number of aromatic nitrogens is 2. The molecule has 0 amide bonds. The minimum atomic E-state index is -3.60. The molecule has 1 aromatic heterocycles. The Morgan fingerprint density at radius 3 is 2.57 bits per heavy atom. The van der Waals surface area contributed by atoms with Gasteiger partial charge in [-0.25, -0.2) is 13.1 Å². The maximum atomic E-state index is 12.2. The normalized spacial score (nSPS) is 11.3. The van der Waals surface area contributed by atoms with Gasteiger partial charge in [-0.15, -0.1) is 0 Å². The SMILES string of the molecule is CCc1nn(C)cc1CNS(=O)(=O)c1ccc(C#N)cc1. The van der Waals surface area contributed by atoms with Gasteiger partial charge in [0.05, 0.1) is 22.2 Å². The van der Waals surface area contributed by atoms with Gasteiger partial charge in [-0.05, 0) is 30.7 Å². The van der Waals surface area contributed by atoms with Crippen molar-refractivity contribution in [2.75, 3.05) is 0 Å². The summed E-state index contributed by atoms with van der Waals surface area (Å²) in [6, 6.07) is 7.76. The molecule has 0 fully saturated rings. The summed E-state index contributed by atoms with van der Waals surface area (Å²) >= 11 is 0. The van der Waals surface area contributed by atoms with E-state index in [-0.39, 0.29) is 11.4 Å². The van der Waals surface area contributed by atoms with E-state index in [9.17, 15) is 8.42 Å². The summed E-state index contributed by atoms with van der Waals surface area (Å²) in [5.74, 6) is 0. The first-order valence-electron chi connectivity index (χ1n) is 6.47. The molecule has 21 heavy (non-hydrogen) atoms. The van der Waals surface area contributed by atoms with Crippen LogP contribution in [0.5, 0.6) is 0 Å². The Bertz CT molecular complexity index is 770. The number of benzene rings is 1. The van der Waals surface area contributed by atoms with Gasteiger partial charge < -0.3 is 0 Å². The Kier molecular flexibility index (Phi) is 4.40. The molecule has 6 nitrogen and oxygen atoms in total. The lowest BCUT2D eigenvalue weighted by molar-refractivity contribution is 0.581. The molecule has 0 saturated heterocycles. The standard InChI is InChI=1S/C14H16N4O2S/c1-3-14-12(10-18(2)17-14)9-16-21(19,20)13-6-4-11(8-15)5-7-13/h4-7,10,16H,3,9H2,1-2H3. The molecule has 0 aliphatic carbocycles. The van der Waals surface area contributed by atoms with Gasteiger partial charge in [0, 0.05) is 25.4 Å².